The molecule has 0 aliphatic heterocycles. The highest BCUT2D eigenvalue weighted by Crippen LogP contribution is 2.38. The van der Waals surface area contributed by atoms with Gasteiger partial charge in [0.2, 0.25) is 0 Å². The summed E-state index contributed by atoms with van der Waals surface area (Å²) < 4.78 is 13.9. The zero-order valence-corrected chi connectivity index (χ0v) is 12.0. The lowest BCUT2D eigenvalue weighted by atomic mass is 9.76. The van der Waals surface area contributed by atoms with Gasteiger partial charge in [-0.2, -0.15) is 0 Å². The standard InChI is InChI=1S/C16H15BrFN/c17-13-3-7-15(8-4-13)19-16-9-12(10-16)11-1-5-14(18)6-2-11/h1-8,12,16,19H,9-10H2. The van der Waals surface area contributed by atoms with Crippen molar-refractivity contribution in [1.82, 2.24) is 0 Å². The molecule has 1 aliphatic carbocycles. The Kier molecular flexibility index (Phi) is 3.56. The smallest absolute Gasteiger partial charge is 0.123 e. The van der Waals surface area contributed by atoms with Crippen molar-refractivity contribution in [2.24, 2.45) is 0 Å². The van der Waals surface area contributed by atoms with Gasteiger partial charge < -0.3 is 5.32 Å². The Morgan fingerprint density at radius 3 is 2.21 bits per heavy atom. The summed E-state index contributed by atoms with van der Waals surface area (Å²) in [5.74, 6) is 0.404. The van der Waals surface area contributed by atoms with Crippen LogP contribution in [0.15, 0.2) is 53.0 Å². The van der Waals surface area contributed by atoms with Crippen molar-refractivity contribution < 1.29 is 4.39 Å². The van der Waals surface area contributed by atoms with Crippen LogP contribution in [0.2, 0.25) is 0 Å². The second kappa shape index (κ2) is 5.33. The van der Waals surface area contributed by atoms with Crippen LogP contribution in [0.1, 0.15) is 24.3 Å². The lowest BCUT2D eigenvalue weighted by Gasteiger charge is -2.37. The van der Waals surface area contributed by atoms with Gasteiger partial charge in [-0.05, 0) is 60.7 Å². The number of hydrogen-bond acceptors (Lipinski definition) is 1. The van der Waals surface area contributed by atoms with E-state index in [1.54, 1.807) is 12.1 Å². The maximum atomic E-state index is 12.9. The largest absolute Gasteiger partial charge is 0.382 e. The first-order valence-corrected chi connectivity index (χ1v) is 7.27. The number of rotatable bonds is 3. The summed E-state index contributed by atoms with van der Waals surface area (Å²) >= 11 is 3.43. The molecule has 98 valence electrons. The van der Waals surface area contributed by atoms with Crippen molar-refractivity contribution in [3.8, 4) is 0 Å². The van der Waals surface area contributed by atoms with E-state index < -0.39 is 0 Å². The lowest BCUT2D eigenvalue weighted by Crippen LogP contribution is -2.33. The summed E-state index contributed by atoms with van der Waals surface area (Å²) in [6, 6.07) is 15.7. The fraction of sp³-hybridized carbons (Fsp3) is 0.250. The van der Waals surface area contributed by atoms with Gasteiger partial charge in [-0.3, -0.25) is 0 Å². The molecule has 0 aromatic heterocycles. The van der Waals surface area contributed by atoms with Gasteiger partial charge in [-0.1, -0.05) is 28.1 Å². The first kappa shape index (κ1) is 12.7. The zero-order valence-electron chi connectivity index (χ0n) is 10.4. The summed E-state index contributed by atoms with van der Waals surface area (Å²) in [6.07, 6.45) is 2.23. The molecule has 0 unspecified atom stereocenters. The molecule has 0 atom stereocenters. The molecule has 3 rings (SSSR count). The minimum absolute atomic E-state index is 0.160. The molecule has 0 radical (unpaired) electrons. The third-order valence-corrected chi connectivity index (χ3v) is 4.22. The van der Waals surface area contributed by atoms with Gasteiger partial charge in [-0.15, -0.1) is 0 Å². The van der Waals surface area contributed by atoms with E-state index >= 15 is 0 Å². The van der Waals surface area contributed by atoms with Gasteiger partial charge in [0.1, 0.15) is 5.82 Å². The third-order valence-electron chi connectivity index (χ3n) is 3.69. The quantitative estimate of drug-likeness (QED) is 0.844. The van der Waals surface area contributed by atoms with Crippen LogP contribution in [0.5, 0.6) is 0 Å². The fourth-order valence-electron chi connectivity index (χ4n) is 2.52. The highest BCUT2D eigenvalue weighted by Gasteiger charge is 2.30. The van der Waals surface area contributed by atoms with Crippen LogP contribution in [0.25, 0.3) is 0 Å². The highest BCUT2D eigenvalue weighted by atomic mass is 79.9. The van der Waals surface area contributed by atoms with E-state index in [2.05, 4.69) is 33.4 Å². The van der Waals surface area contributed by atoms with Gasteiger partial charge in [-0.25, -0.2) is 4.39 Å². The molecular weight excluding hydrogens is 305 g/mol. The summed E-state index contributed by atoms with van der Waals surface area (Å²) in [5, 5.41) is 3.52. The first-order valence-electron chi connectivity index (χ1n) is 6.48. The van der Waals surface area contributed by atoms with Crippen molar-refractivity contribution in [1.29, 1.82) is 0 Å². The SMILES string of the molecule is Fc1ccc(C2CC(Nc3ccc(Br)cc3)C2)cc1. The minimum atomic E-state index is -0.160. The number of nitrogens with one attached hydrogen (secondary N) is 1. The van der Waals surface area contributed by atoms with Crippen LogP contribution < -0.4 is 5.32 Å². The van der Waals surface area contributed by atoms with Crippen molar-refractivity contribution in [2.75, 3.05) is 5.32 Å². The predicted octanol–water partition coefficient (Wildman–Crippen LogP) is 4.95. The van der Waals surface area contributed by atoms with E-state index in [1.165, 1.54) is 5.56 Å². The van der Waals surface area contributed by atoms with Gasteiger partial charge in [0, 0.05) is 16.2 Å². The minimum Gasteiger partial charge on any atom is -0.382 e. The third kappa shape index (κ3) is 2.98. The number of anilines is 1. The van der Waals surface area contributed by atoms with Gasteiger partial charge in [0.05, 0.1) is 0 Å². The Labute approximate surface area is 121 Å². The Bertz CT molecular complexity index is 544. The molecule has 0 amide bonds. The molecule has 0 saturated heterocycles. The molecule has 0 spiro atoms. The Hall–Kier alpha value is -1.35. The molecule has 19 heavy (non-hydrogen) atoms. The Morgan fingerprint density at radius 1 is 0.947 bits per heavy atom. The van der Waals surface area contributed by atoms with Gasteiger partial charge >= 0.3 is 0 Å². The maximum absolute atomic E-state index is 12.9. The summed E-state index contributed by atoms with van der Waals surface area (Å²) in [5.41, 5.74) is 2.40. The average Bonchev–Trinajstić information content (AvgIpc) is 2.37. The topological polar surface area (TPSA) is 12.0 Å². The van der Waals surface area contributed by atoms with Crippen molar-refractivity contribution in [2.45, 2.75) is 24.8 Å². The Balaban J connectivity index is 1.55. The van der Waals surface area contributed by atoms with Crippen molar-refractivity contribution >= 4 is 21.6 Å². The maximum Gasteiger partial charge on any atom is 0.123 e. The van der Waals surface area contributed by atoms with E-state index in [9.17, 15) is 4.39 Å². The lowest BCUT2D eigenvalue weighted by molar-refractivity contribution is 0.374. The van der Waals surface area contributed by atoms with Crippen LogP contribution in [-0.4, -0.2) is 6.04 Å². The summed E-state index contributed by atoms with van der Waals surface area (Å²) in [7, 11) is 0. The molecule has 2 aromatic carbocycles. The van der Waals surface area contributed by atoms with E-state index in [4.69, 9.17) is 0 Å². The normalized spacial score (nSPS) is 21.8. The molecule has 3 heteroatoms. The van der Waals surface area contributed by atoms with Crippen LogP contribution in [0.3, 0.4) is 0 Å². The number of benzene rings is 2. The second-order valence-corrected chi connectivity index (χ2v) is 5.98. The second-order valence-electron chi connectivity index (χ2n) is 5.07. The number of halogens is 2. The predicted molar refractivity (Wildman–Crippen MR) is 79.9 cm³/mol. The molecule has 1 N–H and O–H groups in total. The highest BCUT2D eigenvalue weighted by molar-refractivity contribution is 9.10. The fourth-order valence-corrected chi connectivity index (χ4v) is 2.79. The molecule has 0 bridgehead atoms. The summed E-state index contributed by atoms with van der Waals surface area (Å²) in [6.45, 7) is 0. The first-order chi connectivity index (χ1) is 9.20. The van der Waals surface area contributed by atoms with E-state index in [1.807, 2.05) is 24.3 Å². The molecule has 2 aromatic rings. The molecule has 1 fully saturated rings. The van der Waals surface area contributed by atoms with Crippen molar-refractivity contribution in [3.05, 3.63) is 64.4 Å². The molecular formula is C16H15BrFN. The van der Waals surface area contributed by atoms with Crippen LogP contribution in [-0.2, 0) is 0 Å². The number of hydrogen-bond donors (Lipinski definition) is 1. The van der Waals surface area contributed by atoms with E-state index in [0.29, 0.717) is 12.0 Å². The average molecular weight is 320 g/mol. The van der Waals surface area contributed by atoms with Crippen LogP contribution in [0, 0.1) is 5.82 Å². The monoisotopic (exact) mass is 319 g/mol. The van der Waals surface area contributed by atoms with Crippen molar-refractivity contribution in [3.63, 3.8) is 0 Å². The van der Waals surface area contributed by atoms with Crippen LogP contribution >= 0.6 is 15.9 Å². The van der Waals surface area contributed by atoms with Gasteiger partial charge in [0.15, 0.2) is 0 Å². The zero-order chi connectivity index (χ0) is 13.2. The summed E-state index contributed by atoms with van der Waals surface area (Å²) in [4.78, 5) is 0. The molecule has 1 saturated carbocycles. The molecule has 0 heterocycles. The Morgan fingerprint density at radius 2 is 1.58 bits per heavy atom. The van der Waals surface area contributed by atoms with E-state index in [-0.39, 0.29) is 5.82 Å². The molecule has 1 nitrogen and oxygen atoms in total. The van der Waals surface area contributed by atoms with Crippen LogP contribution in [0.4, 0.5) is 10.1 Å². The van der Waals surface area contributed by atoms with Gasteiger partial charge in [0.25, 0.3) is 0 Å². The van der Waals surface area contributed by atoms with E-state index in [0.717, 1.165) is 23.0 Å². The molecule has 1 aliphatic rings.